The summed E-state index contributed by atoms with van der Waals surface area (Å²) in [5, 5.41) is 3.20. The van der Waals surface area contributed by atoms with Crippen LogP contribution in [0.2, 0.25) is 0 Å². The van der Waals surface area contributed by atoms with Crippen molar-refractivity contribution in [2.24, 2.45) is 0 Å². The predicted octanol–water partition coefficient (Wildman–Crippen LogP) is 3.12. The second-order valence-corrected chi connectivity index (χ2v) is 8.17. The minimum Gasteiger partial charge on any atom is -0.459 e. The van der Waals surface area contributed by atoms with E-state index in [1.165, 1.54) is 36.6 Å². The fourth-order valence-corrected chi connectivity index (χ4v) is 3.84. The van der Waals surface area contributed by atoms with Crippen molar-refractivity contribution in [3.63, 3.8) is 0 Å². The van der Waals surface area contributed by atoms with E-state index in [2.05, 4.69) is 10.0 Å². The minimum absolute atomic E-state index is 0.0613. The number of amides is 1. The summed E-state index contributed by atoms with van der Waals surface area (Å²) in [6, 6.07) is 16.9. The highest BCUT2D eigenvalue weighted by atomic mass is 32.2. The number of rotatable bonds is 6. The molecular weight excluding hydrogens is 408 g/mol. The number of benzene rings is 2. The van der Waals surface area contributed by atoms with Gasteiger partial charge in [0.25, 0.3) is 5.91 Å². The normalized spacial score (nSPS) is 11.5. The quantitative estimate of drug-likeness (QED) is 0.459. The summed E-state index contributed by atoms with van der Waals surface area (Å²) in [5.74, 6) is -0.179. The molecule has 1 amide bonds. The highest BCUT2D eigenvalue weighted by Gasteiger charge is 2.15. The van der Waals surface area contributed by atoms with Gasteiger partial charge in [-0.25, -0.2) is 17.9 Å². The van der Waals surface area contributed by atoms with Crippen LogP contribution in [-0.4, -0.2) is 14.3 Å². The summed E-state index contributed by atoms with van der Waals surface area (Å²) in [5.41, 5.74) is 1.08. The molecule has 2 heterocycles. The van der Waals surface area contributed by atoms with E-state index in [4.69, 9.17) is 8.83 Å². The lowest BCUT2D eigenvalue weighted by atomic mass is 10.2. The smallest absolute Gasteiger partial charge is 0.336 e. The van der Waals surface area contributed by atoms with Crippen LogP contribution in [0.3, 0.4) is 0 Å². The minimum atomic E-state index is -3.77. The molecule has 0 aliphatic rings. The third kappa shape index (κ3) is 4.32. The Morgan fingerprint density at radius 2 is 1.77 bits per heavy atom. The molecule has 0 aliphatic heterocycles. The van der Waals surface area contributed by atoms with Crippen molar-refractivity contribution >= 4 is 32.6 Å². The standard InChI is InChI=1S/C21H16N2O6S/c24-20-10-5-15-12-17(8-9-18(15)29-20)30(26,27)22-13-14-3-6-16(7-4-14)23-21(25)19-2-1-11-28-19/h1-12,22H,13H2,(H,23,25). The van der Waals surface area contributed by atoms with Crippen molar-refractivity contribution in [3.05, 3.63) is 94.7 Å². The van der Waals surface area contributed by atoms with Crippen LogP contribution in [0, 0.1) is 0 Å². The van der Waals surface area contributed by atoms with E-state index in [1.54, 1.807) is 36.4 Å². The van der Waals surface area contributed by atoms with Gasteiger partial charge < -0.3 is 14.2 Å². The van der Waals surface area contributed by atoms with E-state index < -0.39 is 15.6 Å². The molecule has 152 valence electrons. The summed E-state index contributed by atoms with van der Waals surface area (Å²) in [6.45, 7) is 0.0661. The fourth-order valence-electron chi connectivity index (χ4n) is 2.79. The molecule has 2 N–H and O–H groups in total. The Bertz CT molecular complexity index is 1360. The monoisotopic (exact) mass is 424 g/mol. The predicted molar refractivity (Wildman–Crippen MR) is 110 cm³/mol. The molecule has 8 nitrogen and oxygen atoms in total. The van der Waals surface area contributed by atoms with E-state index in [0.717, 1.165) is 0 Å². The number of hydrogen-bond acceptors (Lipinski definition) is 6. The zero-order valence-corrected chi connectivity index (χ0v) is 16.3. The third-order valence-electron chi connectivity index (χ3n) is 4.32. The van der Waals surface area contributed by atoms with Crippen molar-refractivity contribution in [3.8, 4) is 0 Å². The molecule has 2 aromatic carbocycles. The Labute approximate surface area is 171 Å². The van der Waals surface area contributed by atoms with Gasteiger partial charge in [0.15, 0.2) is 5.76 Å². The molecular formula is C21H16N2O6S. The molecule has 0 atom stereocenters. The molecule has 0 radical (unpaired) electrons. The van der Waals surface area contributed by atoms with Crippen molar-refractivity contribution in [1.82, 2.24) is 4.72 Å². The molecule has 0 fully saturated rings. The van der Waals surface area contributed by atoms with Crippen LogP contribution in [0.15, 0.2) is 91.5 Å². The number of furan rings is 1. The highest BCUT2D eigenvalue weighted by molar-refractivity contribution is 7.89. The maximum atomic E-state index is 12.6. The Balaban J connectivity index is 1.42. The topological polar surface area (TPSA) is 119 Å². The second kappa shape index (κ2) is 7.97. The first kappa shape index (κ1) is 19.6. The lowest BCUT2D eigenvalue weighted by molar-refractivity contribution is 0.0996. The summed E-state index contributed by atoms with van der Waals surface area (Å²) < 4.78 is 37.8. The number of carbonyl (C=O) groups excluding carboxylic acids is 1. The van der Waals surface area contributed by atoms with Crippen molar-refractivity contribution in [2.45, 2.75) is 11.4 Å². The van der Waals surface area contributed by atoms with Crippen LogP contribution in [-0.2, 0) is 16.6 Å². The first-order chi connectivity index (χ1) is 14.4. The molecule has 0 saturated heterocycles. The molecule has 4 aromatic rings. The van der Waals surface area contributed by atoms with Gasteiger partial charge in [-0.3, -0.25) is 4.79 Å². The van der Waals surface area contributed by atoms with Crippen LogP contribution >= 0.6 is 0 Å². The van der Waals surface area contributed by atoms with E-state index in [-0.39, 0.29) is 23.1 Å². The Kier molecular flexibility index (Phi) is 5.21. The molecule has 4 rings (SSSR count). The van der Waals surface area contributed by atoms with Crippen LogP contribution in [0.5, 0.6) is 0 Å². The summed E-state index contributed by atoms with van der Waals surface area (Å²) >= 11 is 0. The lowest BCUT2D eigenvalue weighted by Crippen LogP contribution is -2.23. The van der Waals surface area contributed by atoms with Gasteiger partial charge in [-0.1, -0.05) is 12.1 Å². The maximum absolute atomic E-state index is 12.6. The van der Waals surface area contributed by atoms with E-state index in [9.17, 15) is 18.0 Å². The van der Waals surface area contributed by atoms with E-state index in [1.807, 2.05) is 0 Å². The molecule has 9 heteroatoms. The number of sulfonamides is 1. The van der Waals surface area contributed by atoms with Gasteiger partial charge >= 0.3 is 5.63 Å². The summed E-state index contributed by atoms with van der Waals surface area (Å²) in [4.78, 5) is 23.3. The second-order valence-electron chi connectivity index (χ2n) is 6.41. The van der Waals surface area contributed by atoms with Gasteiger partial charge in [0.2, 0.25) is 10.0 Å². The van der Waals surface area contributed by atoms with Gasteiger partial charge in [0.05, 0.1) is 11.2 Å². The number of nitrogens with one attached hydrogen (secondary N) is 2. The Morgan fingerprint density at radius 1 is 0.967 bits per heavy atom. The van der Waals surface area contributed by atoms with Crippen molar-refractivity contribution in [1.29, 1.82) is 0 Å². The average Bonchev–Trinajstić information content (AvgIpc) is 3.28. The number of fused-ring (bicyclic) bond motifs is 1. The maximum Gasteiger partial charge on any atom is 0.336 e. The van der Waals surface area contributed by atoms with Crippen LogP contribution in [0.1, 0.15) is 16.1 Å². The van der Waals surface area contributed by atoms with E-state index >= 15 is 0 Å². The SMILES string of the molecule is O=C(Nc1ccc(CNS(=O)(=O)c2ccc3oc(=O)ccc3c2)cc1)c1ccco1. The summed E-state index contributed by atoms with van der Waals surface area (Å²) in [7, 11) is -3.77. The van der Waals surface area contributed by atoms with Crippen LogP contribution < -0.4 is 15.7 Å². The van der Waals surface area contributed by atoms with Gasteiger partial charge in [-0.2, -0.15) is 0 Å². The zero-order valence-electron chi connectivity index (χ0n) is 15.5. The van der Waals surface area contributed by atoms with Crippen LogP contribution in [0.25, 0.3) is 11.0 Å². The van der Waals surface area contributed by atoms with Gasteiger partial charge in [-0.05, 0) is 54.1 Å². The largest absolute Gasteiger partial charge is 0.459 e. The van der Waals surface area contributed by atoms with Gasteiger partial charge in [-0.15, -0.1) is 0 Å². The fraction of sp³-hybridized carbons (Fsp3) is 0.0476. The molecule has 0 aliphatic carbocycles. The first-order valence-electron chi connectivity index (χ1n) is 8.88. The first-order valence-corrected chi connectivity index (χ1v) is 10.4. The molecule has 0 unspecified atom stereocenters. The number of hydrogen-bond donors (Lipinski definition) is 2. The highest BCUT2D eigenvalue weighted by Crippen LogP contribution is 2.18. The molecule has 0 saturated carbocycles. The van der Waals surface area contributed by atoms with Crippen molar-refractivity contribution in [2.75, 3.05) is 5.32 Å². The molecule has 2 aromatic heterocycles. The molecule has 30 heavy (non-hydrogen) atoms. The zero-order chi connectivity index (χ0) is 21.1. The van der Waals surface area contributed by atoms with Gasteiger partial charge in [0.1, 0.15) is 5.58 Å². The average molecular weight is 424 g/mol. The molecule has 0 spiro atoms. The third-order valence-corrected chi connectivity index (χ3v) is 5.72. The van der Waals surface area contributed by atoms with Crippen LogP contribution in [0.4, 0.5) is 5.69 Å². The number of carbonyl (C=O) groups is 1. The summed E-state index contributed by atoms with van der Waals surface area (Å²) in [6.07, 6.45) is 1.41. The Hall–Kier alpha value is -3.69. The van der Waals surface area contributed by atoms with Crippen molar-refractivity contribution < 1.29 is 22.0 Å². The van der Waals surface area contributed by atoms with E-state index in [0.29, 0.717) is 22.2 Å². The molecule has 0 bridgehead atoms. The lowest BCUT2D eigenvalue weighted by Gasteiger charge is -2.09. The Morgan fingerprint density at radius 3 is 2.50 bits per heavy atom. The van der Waals surface area contributed by atoms with Gasteiger partial charge in [0, 0.05) is 23.7 Å². The number of anilines is 1.